The van der Waals surface area contributed by atoms with Gasteiger partial charge in [-0.25, -0.2) is 0 Å². The fraction of sp³-hybridized carbons (Fsp3) is 0.533. The van der Waals surface area contributed by atoms with Crippen LogP contribution in [0.5, 0.6) is 0 Å². The minimum atomic E-state index is 0.100. The average molecular weight is 283 g/mol. The maximum atomic E-state index is 11.4. The van der Waals surface area contributed by atoms with Gasteiger partial charge >= 0.3 is 0 Å². The van der Waals surface area contributed by atoms with Crippen molar-refractivity contribution in [3.8, 4) is 0 Å². The molecule has 0 fully saturated rings. The molecule has 0 spiro atoms. The quantitative estimate of drug-likeness (QED) is 0.558. The van der Waals surface area contributed by atoms with Gasteiger partial charge in [0, 0.05) is 37.6 Å². The third-order valence-corrected chi connectivity index (χ3v) is 3.23. The second-order valence-electron chi connectivity index (χ2n) is 4.41. The molecule has 0 aromatic heterocycles. The van der Waals surface area contributed by atoms with Gasteiger partial charge in [-0.05, 0) is 31.9 Å². The molecule has 106 valence electrons. The van der Waals surface area contributed by atoms with Crippen LogP contribution in [0.2, 0.25) is 0 Å². The van der Waals surface area contributed by atoms with Crippen molar-refractivity contribution in [1.29, 1.82) is 0 Å². The number of nitrogens with one attached hydrogen (secondary N) is 1. The van der Waals surface area contributed by atoms with E-state index >= 15 is 0 Å². The van der Waals surface area contributed by atoms with Crippen LogP contribution in [-0.2, 0) is 4.79 Å². The molecule has 0 atom stereocenters. The molecule has 1 aromatic carbocycles. The van der Waals surface area contributed by atoms with Crippen molar-refractivity contribution in [3.05, 3.63) is 30.3 Å². The normalized spacial score (nSPS) is 10.2. The van der Waals surface area contributed by atoms with Crippen LogP contribution in [0.3, 0.4) is 0 Å². The number of anilines is 1. The molecule has 0 radical (unpaired) electrons. The maximum absolute atomic E-state index is 11.4. The van der Waals surface area contributed by atoms with Crippen molar-refractivity contribution < 1.29 is 4.79 Å². The largest absolute Gasteiger partial charge is 0.372 e. The van der Waals surface area contributed by atoms with E-state index in [1.807, 2.05) is 18.2 Å². The van der Waals surface area contributed by atoms with E-state index in [-0.39, 0.29) is 5.91 Å². The van der Waals surface area contributed by atoms with Crippen molar-refractivity contribution >= 4 is 23.2 Å². The van der Waals surface area contributed by atoms with Crippen molar-refractivity contribution in [1.82, 2.24) is 5.32 Å². The Morgan fingerprint density at radius 1 is 1.26 bits per heavy atom. The van der Waals surface area contributed by atoms with Crippen molar-refractivity contribution in [2.75, 3.05) is 30.4 Å². The zero-order valence-corrected chi connectivity index (χ0v) is 12.3. The fourth-order valence-corrected chi connectivity index (χ4v) is 2.06. The summed E-state index contributed by atoms with van der Waals surface area (Å²) in [6, 6.07) is 10.3. The van der Waals surface area contributed by atoms with Gasteiger partial charge in [0.1, 0.15) is 0 Å². The highest BCUT2D eigenvalue weighted by Crippen LogP contribution is 2.12. The molecule has 0 aliphatic heterocycles. The lowest BCUT2D eigenvalue weighted by Crippen LogP contribution is -2.29. The summed E-state index contributed by atoms with van der Waals surface area (Å²) >= 11 is 5.55. The Morgan fingerprint density at radius 2 is 2.00 bits per heavy atom. The number of carbonyl (C=O) groups excluding carboxylic acids is 1. The number of halogens is 1. The van der Waals surface area contributed by atoms with Gasteiger partial charge in [-0.15, -0.1) is 11.6 Å². The zero-order chi connectivity index (χ0) is 13.9. The van der Waals surface area contributed by atoms with Crippen LogP contribution in [0, 0.1) is 0 Å². The second kappa shape index (κ2) is 9.68. The van der Waals surface area contributed by atoms with Gasteiger partial charge < -0.3 is 10.2 Å². The molecule has 3 nitrogen and oxygen atoms in total. The lowest BCUT2D eigenvalue weighted by atomic mass is 10.2. The number of benzene rings is 1. The summed E-state index contributed by atoms with van der Waals surface area (Å²) < 4.78 is 0. The summed E-state index contributed by atoms with van der Waals surface area (Å²) in [5.74, 6) is 0.647. The number of hydrogen-bond acceptors (Lipinski definition) is 2. The molecule has 0 aliphatic rings. The molecule has 0 aliphatic carbocycles. The average Bonchev–Trinajstić information content (AvgIpc) is 2.46. The van der Waals surface area contributed by atoms with E-state index in [2.05, 4.69) is 29.3 Å². The molecule has 1 aromatic rings. The number of nitrogens with zero attached hydrogens (tertiary/aromatic N) is 1. The minimum Gasteiger partial charge on any atom is -0.372 e. The first-order chi connectivity index (χ1) is 9.27. The highest BCUT2D eigenvalue weighted by Gasteiger charge is 2.04. The molecule has 0 bridgehead atoms. The molecule has 1 N–H and O–H groups in total. The fourth-order valence-electron chi connectivity index (χ4n) is 1.92. The van der Waals surface area contributed by atoms with Crippen molar-refractivity contribution in [3.63, 3.8) is 0 Å². The highest BCUT2D eigenvalue weighted by atomic mass is 35.5. The third-order valence-electron chi connectivity index (χ3n) is 2.97. The van der Waals surface area contributed by atoms with Crippen LogP contribution in [0.4, 0.5) is 5.69 Å². The summed E-state index contributed by atoms with van der Waals surface area (Å²) in [4.78, 5) is 13.7. The Morgan fingerprint density at radius 3 is 2.63 bits per heavy atom. The van der Waals surface area contributed by atoms with Gasteiger partial charge in [-0.3, -0.25) is 4.79 Å². The zero-order valence-electron chi connectivity index (χ0n) is 11.6. The van der Waals surface area contributed by atoms with Gasteiger partial charge in [0.05, 0.1) is 0 Å². The van der Waals surface area contributed by atoms with Gasteiger partial charge in [0.15, 0.2) is 0 Å². The molecule has 0 saturated heterocycles. The number of carbonyl (C=O) groups is 1. The first-order valence-electron chi connectivity index (χ1n) is 6.90. The Bertz CT molecular complexity index is 356. The second-order valence-corrected chi connectivity index (χ2v) is 4.79. The predicted molar refractivity (Wildman–Crippen MR) is 81.9 cm³/mol. The molecule has 19 heavy (non-hydrogen) atoms. The van der Waals surface area contributed by atoms with Gasteiger partial charge in [-0.2, -0.15) is 0 Å². The van der Waals surface area contributed by atoms with E-state index in [0.717, 1.165) is 32.5 Å². The van der Waals surface area contributed by atoms with Crippen LogP contribution in [0.15, 0.2) is 30.3 Å². The number of alkyl halides is 1. The standard InChI is InChI=1S/C15H23ClN2O/c1-2-18(14-8-4-3-5-9-14)13-7-12-17-15(19)10-6-11-16/h3-5,8-9H,2,6-7,10-13H2,1H3,(H,17,19). The SMILES string of the molecule is CCN(CCCNC(=O)CCCCl)c1ccccc1. The van der Waals surface area contributed by atoms with E-state index in [9.17, 15) is 4.79 Å². The van der Waals surface area contributed by atoms with E-state index in [4.69, 9.17) is 11.6 Å². The summed E-state index contributed by atoms with van der Waals surface area (Å²) in [6.07, 6.45) is 2.23. The van der Waals surface area contributed by atoms with E-state index < -0.39 is 0 Å². The minimum absolute atomic E-state index is 0.100. The van der Waals surface area contributed by atoms with Crippen molar-refractivity contribution in [2.24, 2.45) is 0 Å². The predicted octanol–water partition coefficient (Wildman–Crippen LogP) is 3.04. The van der Waals surface area contributed by atoms with Crippen molar-refractivity contribution in [2.45, 2.75) is 26.2 Å². The van der Waals surface area contributed by atoms with E-state index in [0.29, 0.717) is 12.3 Å². The molecule has 1 rings (SSSR count). The first-order valence-corrected chi connectivity index (χ1v) is 7.44. The van der Waals surface area contributed by atoms with E-state index in [1.165, 1.54) is 5.69 Å². The molecule has 0 unspecified atom stereocenters. The Hall–Kier alpha value is -1.22. The van der Waals surface area contributed by atoms with Gasteiger partial charge in [0.25, 0.3) is 0 Å². The Labute approximate surface area is 120 Å². The summed E-state index contributed by atoms with van der Waals surface area (Å²) in [5.41, 5.74) is 1.23. The number of hydrogen-bond donors (Lipinski definition) is 1. The Balaban J connectivity index is 2.22. The molecule has 1 amide bonds. The molecule has 0 heterocycles. The van der Waals surface area contributed by atoms with Gasteiger partial charge in [0.2, 0.25) is 5.91 Å². The number of para-hydroxylation sites is 1. The van der Waals surface area contributed by atoms with Crippen LogP contribution in [0.25, 0.3) is 0 Å². The molecule has 4 heteroatoms. The van der Waals surface area contributed by atoms with Gasteiger partial charge in [-0.1, -0.05) is 18.2 Å². The first kappa shape index (κ1) is 15.8. The summed E-state index contributed by atoms with van der Waals surface area (Å²) in [6.45, 7) is 4.80. The lowest BCUT2D eigenvalue weighted by molar-refractivity contribution is -0.121. The summed E-state index contributed by atoms with van der Waals surface area (Å²) in [5, 5.41) is 2.92. The maximum Gasteiger partial charge on any atom is 0.220 e. The Kier molecular flexibility index (Phi) is 8.07. The van der Waals surface area contributed by atoms with Crippen LogP contribution < -0.4 is 10.2 Å². The molecular formula is C15H23ClN2O. The monoisotopic (exact) mass is 282 g/mol. The third kappa shape index (κ3) is 6.48. The molecule has 0 saturated carbocycles. The number of amides is 1. The van der Waals surface area contributed by atoms with E-state index in [1.54, 1.807) is 0 Å². The van der Waals surface area contributed by atoms with Crippen LogP contribution >= 0.6 is 11.6 Å². The lowest BCUT2D eigenvalue weighted by Gasteiger charge is -2.23. The molecular weight excluding hydrogens is 260 g/mol. The van der Waals surface area contributed by atoms with Crippen LogP contribution in [-0.4, -0.2) is 31.4 Å². The topological polar surface area (TPSA) is 32.3 Å². The highest BCUT2D eigenvalue weighted by molar-refractivity contribution is 6.17. The smallest absolute Gasteiger partial charge is 0.220 e. The summed E-state index contributed by atoms with van der Waals surface area (Å²) in [7, 11) is 0. The number of rotatable bonds is 9. The van der Waals surface area contributed by atoms with Crippen LogP contribution in [0.1, 0.15) is 26.2 Å².